The topological polar surface area (TPSA) is 86.9 Å². The Morgan fingerprint density at radius 3 is 2.88 bits per heavy atom. The second-order valence-electron chi connectivity index (χ2n) is 3.54. The number of fused-ring (bicyclic) bond motifs is 1. The minimum atomic E-state index is -0.653. The van der Waals surface area contributed by atoms with Gasteiger partial charge in [-0.25, -0.2) is 9.78 Å². The molecule has 2 aromatic rings. The van der Waals surface area contributed by atoms with Gasteiger partial charge in [0.2, 0.25) is 0 Å². The van der Waals surface area contributed by atoms with Crippen molar-refractivity contribution in [3.05, 3.63) is 30.1 Å². The Bertz CT molecular complexity index is 589. The minimum Gasteiger partial charge on any atom is -0.345 e. The average Bonchev–Trinajstić information content (AvgIpc) is 2.84. The number of carbonyl (C=O) groups is 2. The normalized spacial score (nSPS) is 19.9. The molecule has 3 N–H and O–H groups in total. The summed E-state index contributed by atoms with van der Waals surface area (Å²) in [6.45, 7) is 0. The Hall–Kier alpha value is -2.37. The van der Waals surface area contributed by atoms with Gasteiger partial charge in [0.15, 0.2) is 0 Å². The highest BCUT2D eigenvalue weighted by molar-refractivity contribution is 6.05. The summed E-state index contributed by atoms with van der Waals surface area (Å²) < 4.78 is 0. The quantitative estimate of drug-likeness (QED) is 0.604. The number of imide groups is 1. The smallest absolute Gasteiger partial charge is 0.322 e. The number of hydrogen-bond acceptors (Lipinski definition) is 3. The highest BCUT2D eigenvalue weighted by Crippen LogP contribution is 2.23. The van der Waals surface area contributed by atoms with Crippen molar-refractivity contribution in [1.29, 1.82) is 0 Å². The van der Waals surface area contributed by atoms with Crippen LogP contribution in [0.15, 0.2) is 24.5 Å². The number of aromatic amines is 1. The molecule has 0 aliphatic carbocycles. The molecule has 0 spiro atoms. The number of amides is 3. The molecule has 0 saturated carbocycles. The van der Waals surface area contributed by atoms with Crippen molar-refractivity contribution >= 4 is 23.0 Å². The van der Waals surface area contributed by atoms with Gasteiger partial charge in [0, 0.05) is 5.56 Å². The zero-order valence-corrected chi connectivity index (χ0v) is 8.15. The first kappa shape index (κ1) is 8.90. The van der Waals surface area contributed by atoms with Crippen LogP contribution in [0.1, 0.15) is 11.6 Å². The second-order valence-corrected chi connectivity index (χ2v) is 3.54. The summed E-state index contributed by atoms with van der Waals surface area (Å²) in [5, 5.41) is 4.74. The number of rotatable bonds is 1. The van der Waals surface area contributed by atoms with E-state index in [1.54, 1.807) is 12.4 Å². The van der Waals surface area contributed by atoms with Crippen molar-refractivity contribution in [3.8, 4) is 0 Å². The van der Waals surface area contributed by atoms with Crippen LogP contribution in [0.5, 0.6) is 0 Å². The lowest BCUT2D eigenvalue weighted by Crippen LogP contribution is -2.22. The van der Waals surface area contributed by atoms with Gasteiger partial charge in [-0.2, -0.15) is 0 Å². The van der Waals surface area contributed by atoms with Gasteiger partial charge in [0.25, 0.3) is 5.91 Å². The first-order valence-electron chi connectivity index (χ1n) is 4.79. The van der Waals surface area contributed by atoms with Gasteiger partial charge in [-0.1, -0.05) is 12.1 Å². The van der Waals surface area contributed by atoms with Crippen molar-refractivity contribution < 1.29 is 9.59 Å². The number of aromatic nitrogens is 2. The number of hydrogen-bond donors (Lipinski definition) is 3. The van der Waals surface area contributed by atoms with E-state index in [0.717, 1.165) is 5.52 Å². The molecule has 1 aliphatic heterocycles. The Morgan fingerprint density at radius 2 is 2.12 bits per heavy atom. The number of H-pyrrole nitrogens is 1. The number of nitrogens with one attached hydrogen (secondary N) is 3. The predicted molar refractivity (Wildman–Crippen MR) is 55.5 cm³/mol. The fourth-order valence-electron chi connectivity index (χ4n) is 1.86. The van der Waals surface area contributed by atoms with E-state index in [4.69, 9.17) is 0 Å². The Kier molecular flexibility index (Phi) is 1.70. The van der Waals surface area contributed by atoms with Gasteiger partial charge in [-0.3, -0.25) is 10.1 Å². The zero-order valence-electron chi connectivity index (χ0n) is 8.15. The first-order chi connectivity index (χ1) is 7.75. The largest absolute Gasteiger partial charge is 0.345 e. The van der Waals surface area contributed by atoms with Gasteiger partial charge in [-0.15, -0.1) is 0 Å². The van der Waals surface area contributed by atoms with Crippen molar-refractivity contribution in [2.45, 2.75) is 6.04 Å². The molecule has 1 aromatic heterocycles. The van der Waals surface area contributed by atoms with E-state index in [1.165, 1.54) is 0 Å². The molecule has 1 aliphatic rings. The van der Waals surface area contributed by atoms with E-state index in [2.05, 4.69) is 20.6 Å². The van der Waals surface area contributed by atoms with Gasteiger partial charge in [0.1, 0.15) is 6.04 Å². The highest BCUT2D eigenvalue weighted by Gasteiger charge is 2.32. The van der Waals surface area contributed by atoms with Crippen LogP contribution in [0.25, 0.3) is 11.0 Å². The van der Waals surface area contributed by atoms with Gasteiger partial charge in [-0.05, 0) is 6.07 Å². The second kappa shape index (κ2) is 3.06. The number of carbonyl (C=O) groups excluding carboxylic acids is 2. The highest BCUT2D eigenvalue weighted by atomic mass is 16.2. The standard InChI is InChI=1S/C10H8N4O2/c15-9-8(13-10(16)14-9)5-2-1-3-6-7(5)12-4-11-6/h1-4,8H,(H,11,12)(H2,13,14,15,16). The number of urea groups is 1. The molecule has 1 saturated heterocycles. The third kappa shape index (κ3) is 1.16. The molecule has 80 valence electrons. The van der Waals surface area contributed by atoms with Crippen molar-refractivity contribution in [2.75, 3.05) is 0 Å². The van der Waals surface area contributed by atoms with Crippen LogP contribution >= 0.6 is 0 Å². The van der Waals surface area contributed by atoms with Gasteiger partial charge < -0.3 is 10.3 Å². The Labute approximate surface area is 90.1 Å². The van der Waals surface area contributed by atoms with Crippen LogP contribution < -0.4 is 10.6 Å². The van der Waals surface area contributed by atoms with Crippen molar-refractivity contribution in [3.63, 3.8) is 0 Å². The summed E-state index contributed by atoms with van der Waals surface area (Å²) in [7, 11) is 0. The molecule has 0 bridgehead atoms. The van der Waals surface area contributed by atoms with Crippen LogP contribution in [0, 0.1) is 0 Å². The lowest BCUT2D eigenvalue weighted by molar-refractivity contribution is -0.120. The molecule has 1 aromatic carbocycles. The molecule has 16 heavy (non-hydrogen) atoms. The summed E-state index contributed by atoms with van der Waals surface area (Å²) >= 11 is 0. The van der Waals surface area contributed by atoms with Crippen LogP contribution in [0.2, 0.25) is 0 Å². The molecule has 2 heterocycles. The maximum absolute atomic E-state index is 11.5. The monoisotopic (exact) mass is 216 g/mol. The van der Waals surface area contributed by atoms with Crippen LogP contribution in [-0.4, -0.2) is 21.9 Å². The average molecular weight is 216 g/mol. The zero-order chi connectivity index (χ0) is 11.1. The van der Waals surface area contributed by atoms with Crippen molar-refractivity contribution in [1.82, 2.24) is 20.6 Å². The van der Waals surface area contributed by atoms with Crippen LogP contribution in [0.4, 0.5) is 4.79 Å². The fraction of sp³-hybridized carbons (Fsp3) is 0.100. The van der Waals surface area contributed by atoms with Gasteiger partial charge in [0.05, 0.1) is 17.4 Å². The molecule has 1 unspecified atom stereocenters. The third-order valence-corrected chi connectivity index (χ3v) is 2.57. The lowest BCUT2D eigenvalue weighted by Gasteiger charge is -2.07. The summed E-state index contributed by atoms with van der Waals surface area (Å²) in [6, 6.07) is 4.33. The summed E-state index contributed by atoms with van der Waals surface area (Å²) in [5.41, 5.74) is 2.23. The van der Waals surface area contributed by atoms with E-state index in [-0.39, 0.29) is 5.91 Å². The SMILES string of the molecule is O=C1NC(=O)C(c2cccc3[nH]cnc23)N1. The number of benzene rings is 1. The van der Waals surface area contributed by atoms with E-state index < -0.39 is 12.1 Å². The van der Waals surface area contributed by atoms with Gasteiger partial charge >= 0.3 is 6.03 Å². The third-order valence-electron chi connectivity index (χ3n) is 2.57. The molecule has 3 rings (SSSR count). The molecular formula is C10H8N4O2. The van der Waals surface area contributed by atoms with Crippen LogP contribution in [-0.2, 0) is 4.79 Å². The maximum atomic E-state index is 11.5. The molecule has 3 amide bonds. The minimum absolute atomic E-state index is 0.347. The van der Waals surface area contributed by atoms with E-state index in [1.807, 2.05) is 12.1 Å². The van der Waals surface area contributed by atoms with Crippen molar-refractivity contribution in [2.24, 2.45) is 0 Å². The molecule has 0 radical (unpaired) electrons. The Balaban J connectivity index is 2.15. The molecule has 6 nitrogen and oxygen atoms in total. The van der Waals surface area contributed by atoms with Crippen LogP contribution in [0.3, 0.4) is 0 Å². The number of nitrogens with zero attached hydrogens (tertiary/aromatic N) is 1. The predicted octanol–water partition coefficient (Wildman–Crippen LogP) is 0.443. The van der Waals surface area contributed by atoms with E-state index in [9.17, 15) is 9.59 Å². The van der Waals surface area contributed by atoms with E-state index >= 15 is 0 Å². The first-order valence-corrected chi connectivity index (χ1v) is 4.79. The lowest BCUT2D eigenvalue weighted by atomic mass is 10.1. The molecule has 1 atom stereocenters. The fourth-order valence-corrected chi connectivity index (χ4v) is 1.86. The summed E-state index contributed by atoms with van der Waals surface area (Å²) in [5.74, 6) is -0.347. The molecule has 6 heteroatoms. The number of imidazole rings is 1. The van der Waals surface area contributed by atoms with E-state index in [0.29, 0.717) is 11.1 Å². The molecule has 1 fully saturated rings. The molecular weight excluding hydrogens is 208 g/mol. The Morgan fingerprint density at radius 1 is 1.25 bits per heavy atom. The number of para-hydroxylation sites is 1. The summed E-state index contributed by atoms with van der Waals surface area (Å²) in [6.07, 6.45) is 1.56. The summed E-state index contributed by atoms with van der Waals surface area (Å²) in [4.78, 5) is 29.6. The maximum Gasteiger partial charge on any atom is 0.322 e.